The van der Waals surface area contributed by atoms with E-state index in [0.29, 0.717) is 18.3 Å². The van der Waals surface area contributed by atoms with Gasteiger partial charge in [-0.1, -0.05) is 33.6 Å². The molecular weight excluding hydrogens is 360 g/mol. The molecule has 0 aromatic heterocycles. The van der Waals surface area contributed by atoms with E-state index >= 15 is 0 Å². The van der Waals surface area contributed by atoms with Gasteiger partial charge in [0, 0.05) is 17.2 Å². The molecule has 2 rings (SSSR count). The van der Waals surface area contributed by atoms with E-state index in [-0.39, 0.29) is 0 Å². The normalized spacial score (nSPS) is 10.1. The lowest BCUT2D eigenvalue weighted by atomic mass is 10.2. The average Bonchev–Trinajstić information content (AvgIpc) is 2.51. The van der Waals surface area contributed by atoms with Crippen LogP contribution in [-0.2, 0) is 0 Å². The largest absolute Gasteiger partial charge is 0.492 e. The molecule has 2 aromatic rings. The summed E-state index contributed by atoms with van der Waals surface area (Å²) in [5.74, 6) is 0.856. The number of halogens is 1. The van der Waals surface area contributed by atoms with Crippen LogP contribution in [0.4, 0.5) is 5.69 Å². The van der Waals surface area contributed by atoms with Gasteiger partial charge in [0.25, 0.3) is 0 Å². The van der Waals surface area contributed by atoms with Crippen LogP contribution in [0.25, 0.3) is 0 Å². The van der Waals surface area contributed by atoms with Crippen LogP contribution in [0.1, 0.15) is 5.56 Å². The second-order valence-corrected chi connectivity index (χ2v) is 6.32. The van der Waals surface area contributed by atoms with Gasteiger partial charge in [0.1, 0.15) is 12.4 Å². The highest BCUT2D eigenvalue weighted by Crippen LogP contribution is 2.16. The van der Waals surface area contributed by atoms with Crippen molar-refractivity contribution in [2.24, 2.45) is 0 Å². The summed E-state index contributed by atoms with van der Waals surface area (Å²) < 4.78 is 6.74. The standard InChI is InChI=1S/C17H19BrN2OS/c1-13-3-7-15(8-4-13)19-17(22)20(2)11-12-21-16-9-5-14(18)6-10-16/h3-10H,11-12H2,1-2H3,(H,19,22). The first-order chi connectivity index (χ1) is 10.5. The highest BCUT2D eigenvalue weighted by atomic mass is 79.9. The molecule has 0 saturated carbocycles. The second-order valence-electron chi connectivity index (χ2n) is 5.02. The number of hydrogen-bond acceptors (Lipinski definition) is 2. The summed E-state index contributed by atoms with van der Waals surface area (Å²) in [5.41, 5.74) is 2.23. The Balaban J connectivity index is 1.76. The van der Waals surface area contributed by atoms with Crippen molar-refractivity contribution < 1.29 is 4.74 Å². The molecule has 3 nitrogen and oxygen atoms in total. The monoisotopic (exact) mass is 378 g/mol. The maximum Gasteiger partial charge on any atom is 0.173 e. The summed E-state index contributed by atoms with van der Waals surface area (Å²) in [6.45, 7) is 3.36. The summed E-state index contributed by atoms with van der Waals surface area (Å²) in [7, 11) is 1.95. The van der Waals surface area contributed by atoms with Gasteiger partial charge in [-0.05, 0) is 55.5 Å². The summed E-state index contributed by atoms with van der Waals surface area (Å²) >= 11 is 8.79. The van der Waals surface area contributed by atoms with Crippen LogP contribution in [-0.4, -0.2) is 30.2 Å². The number of anilines is 1. The Hall–Kier alpha value is -1.59. The van der Waals surface area contributed by atoms with E-state index in [1.807, 2.05) is 48.3 Å². The minimum atomic E-state index is 0.577. The first-order valence-corrected chi connectivity index (χ1v) is 8.22. The van der Waals surface area contributed by atoms with Gasteiger partial charge in [0.15, 0.2) is 5.11 Å². The number of thiocarbonyl (C=S) groups is 1. The Kier molecular flexibility index (Phi) is 6.21. The predicted octanol–water partition coefficient (Wildman–Crippen LogP) is 4.47. The van der Waals surface area contributed by atoms with Crippen LogP contribution in [0.3, 0.4) is 0 Å². The van der Waals surface area contributed by atoms with E-state index in [1.54, 1.807) is 0 Å². The SMILES string of the molecule is Cc1ccc(NC(=S)N(C)CCOc2ccc(Br)cc2)cc1. The molecule has 0 spiro atoms. The van der Waals surface area contributed by atoms with Crippen molar-refractivity contribution in [1.82, 2.24) is 4.90 Å². The molecule has 116 valence electrons. The zero-order valence-corrected chi connectivity index (χ0v) is 15.1. The Bertz CT molecular complexity index is 614. The molecule has 0 fully saturated rings. The third kappa shape index (κ3) is 5.31. The van der Waals surface area contributed by atoms with Gasteiger partial charge in [-0.3, -0.25) is 0 Å². The van der Waals surface area contributed by atoms with Crippen LogP contribution in [0, 0.1) is 6.92 Å². The fourth-order valence-electron chi connectivity index (χ4n) is 1.79. The third-order valence-electron chi connectivity index (χ3n) is 3.16. The van der Waals surface area contributed by atoms with Gasteiger partial charge < -0.3 is 15.0 Å². The van der Waals surface area contributed by atoms with E-state index in [2.05, 4.69) is 40.3 Å². The van der Waals surface area contributed by atoms with Crippen molar-refractivity contribution in [1.29, 1.82) is 0 Å². The van der Waals surface area contributed by atoms with Gasteiger partial charge in [-0.2, -0.15) is 0 Å². The van der Waals surface area contributed by atoms with Crippen molar-refractivity contribution in [3.8, 4) is 5.75 Å². The molecule has 0 saturated heterocycles. The number of ether oxygens (including phenoxy) is 1. The molecule has 0 aliphatic heterocycles. The topological polar surface area (TPSA) is 24.5 Å². The number of likely N-dealkylation sites (N-methyl/N-ethyl adjacent to an activating group) is 1. The van der Waals surface area contributed by atoms with E-state index in [0.717, 1.165) is 15.9 Å². The van der Waals surface area contributed by atoms with Crippen LogP contribution >= 0.6 is 28.1 Å². The summed E-state index contributed by atoms with van der Waals surface area (Å²) in [6.07, 6.45) is 0. The quantitative estimate of drug-likeness (QED) is 0.775. The molecule has 1 N–H and O–H groups in total. The van der Waals surface area contributed by atoms with Crippen LogP contribution in [0.2, 0.25) is 0 Å². The number of nitrogens with zero attached hydrogens (tertiary/aromatic N) is 1. The average molecular weight is 379 g/mol. The summed E-state index contributed by atoms with van der Waals surface area (Å²) in [5, 5.41) is 3.90. The minimum Gasteiger partial charge on any atom is -0.492 e. The molecule has 0 aliphatic rings. The smallest absolute Gasteiger partial charge is 0.173 e. The van der Waals surface area contributed by atoms with E-state index in [1.165, 1.54) is 5.56 Å². The van der Waals surface area contributed by atoms with Crippen LogP contribution in [0.15, 0.2) is 53.0 Å². The zero-order valence-electron chi connectivity index (χ0n) is 12.7. The minimum absolute atomic E-state index is 0.577. The number of hydrogen-bond donors (Lipinski definition) is 1. The molecule has 0 amide bonds. The number of nitrogens with one attached hydrogen (secondary N) is 1. The third-order valence-corrected chi connectivity index (χ3v) is 4.10. The molecule has 0 radical (unpaired) electrons. The maximum absolute atomic E-state index is 5.70. The van der Waals surface area contributed by atoms with E-state index in [4.69, 9.17) is 17.0 Å². The van der Waals surface area contributed by atoms with Gasteiger partial charge in [0.05, 0.1) is 6.54 Å². The molecule has 5 heteroatoms. The Morgan fingerprint density at radius 2 is 1.77 bits per heavy atom. The molecule has 0 bridgehead atoms. The fraction of sp³-hybridized carbons (Fsp3) is 0.235. The number of benzene rings is 2. The first kappa shape index (κ1) is 16.8. The predicted molar refractivity (Wildman–Crippen MR) is 99.7 cm³/mol. The van der Waals surface area contributed by atoms with Crippen LogP contribution < -0.4 is 10.1 Å². The highest BCUT2D eigenvalue weighted by Gasteiger charge is 2.05. The van der Waals surface area contributed by atoms with Crippen molar-refractivity contribution in [3.63, 3.8) is 0 Å². The van der Waals surface area contributed by atoms with Gasteiger partial charge in [0.2, 0.25) is 0 Å². The summed E-state index contributed by atoms with van der Waals surface area (Å²) in [4.78, 5) is 1.97. The number of aryl methyl sites for hydroxylation is 1. The molecular formula is C17H19BrN2OS. The lowest BCUT2D eigenvalue weighted by Gasteiger charge is -2.21. The Morgan fingerprint density at radius 3 is 2.41 bits per heavy atom. The van der Waals surface area contributed by atoms with Gasteiger partial charge >= 0.3 is 0 Å². The molecule has 0 heterocycles. The lowest BCUT2D eigenvalue weighted by molar-refractivity contribution is 0.285. The van der Waals surface area contributed by atoms with E-state index < -0.39 is 0 Å². The molecule has 0 unspecified atom stereocenters. The fourth-order valence-corrected chi connectivity index (χ4v) is 2.26. The second kappa shape index (κ2) is 8.15. The van der Waals surface area contributed by atoms with E-state index in [9.17, 15) is 0 Å². The lowest BCUT2D eigenvalue weighted by Crippen LogP contribution is -2.34. The van der Waals surface area contributed by atoms with Crippen molar-refractivity contribution in [2.75, 3.05) is 25.5 Å². The van der Waals surface area contributed by atoms with Gasteiger partial charge in [-0.25, -0.2) is 0 Å². The van der Waals surface area contributed by atoms with Crippen molar-refractivity contribution in [2.45, 2.75) is 6.92 Å². The Labute approximate surface area is 145 Å². The number of rotatable bonds is 5. The van der Waals surface area contributed by atoms with Crippen molar-refractivity contribution in [3.05, 3.63) is 58.6 Å². The Morgan fingerprint density at radius 1 is 1.14 bits per heavy atom. The maximum atomic E-state index is 5.70. The zero-order chi connectivity index (χ0) is 15.9. The molecule has 22 heavy (non-hydrogen) atoms. The summed E-state index contributed by atoms with van der Waals surface area (Å²) in [6, 6.07) is 16.0. The molecule has 0 aliphatic carbocycles. The highest BCUT2D eigenvalue weighted by molar-refractivity contribution is 9.10. The first-order valence-electron chi connectivity index (χ1n) is 7.02. The van der Waals surface area contributed by atoms with Gasteiger partial charge in [-0.15, -0.1) is 0 Å². The molecule has 0 atom stereocenters. The van der Waals surface area contributed by atoms with Crippen molar-refractivity contribution >= 4 is 38.9 Å². The molecule has 2 aromatic carbocycles. The van der Waals surface area contributed by atoms with Crippen LogP contribution in [0.5, 0.6) is 5.75 Å².